The molecule has 4 heteroatoms. The van der Waals surface area contributed by atoms with Crippen molar-refractivity contribution in [3.63, 3.8) is 0 Å². The van der Waals surface area contributed by atoms with Crippen molar-refractivity contribution in [2.45, 2.75) is 5.41 Å². The molecule has 0 radical (unpaired) electrons. The average Bonchev–Trinajstić information content (AvgIpc) is 3.42. The molecule has 15 rings (SSSR count). The van der Waals surface area contributed by atoms with Gasteiger partial charge in [0, 0.05) is 22.4 Å². The van der Waals surface area contributed by atoms with Crippen molar-refractivity contribution < 1.29 is 0 Å². The lowest BCUT2D eigenvalue weighted by atomic mass is 9.29. The number of fused-ring (bicyclic) bond motifs is 7. The predicted molar refractivity (Wildman–Crippen MR) is 291 cm³/mol. The maximum Gasteiger partial charge on any atom is 0.247 e. The molecule has 0 saturated heterocycles. The first kappa shape index (κ1) is 38.3. The Labute approximate surface area is 401 Å². The van der Waals surface area contributed by atoms with Crippen molar-refractivity contribution in [3.8, 4) is 0 Å². The molecule has 0 aliphatic carbocycles. The van der Waals surface area contributed by atoms with E-state index in [1.807, 2.05) is 0 Å². The molecule has 12 aromatic carbocycles. The Balaban J connectivity index is 1.19. The van der Waals surface area contributed by atoms with E-state index < -0.39 is 5.41 Å². The molecule has 320 valence electrons. The van der Waals surface area contributed by atoms with E-state index in [0.29, 0.717) is 0 Å². The molecular weight excluding hydrogens is 834 g/mol. The number of para-hydroxylation sites is 5. The standard InChI is InChI=1S/C65H42BN3/c1-5-22-46(23-6-1)65(47-24-7-2-8-25-47)51-30-13-14-31-53(51)66-54-32-15-16-33-56(54)67(48-26-9-3-10-27-48)64-62(66)52(65)42-59-63(64)68(49-28-11-4-12-29-49)57-34-17-18-35-58(57)69(59)55-41-39-45-37-36-43-20-19-21-44-38-40-50(55)61(45)60(43)44/h1-42H. The first-order chi connectivity index (χ1) is 34.3. The Bertz CT molecular complexity index is 3930. The van der Waals surface area contributed by atoms with Crippen molar-refractivity contribution in [2.24, 2.45) is 0 Å². The van der Waals surface area contributed by atoms with Gasteiger partial charge in [-0.05, 0) is 115 Å². The third kappa shape index (κ3) is 5.18. The van der Waals surface area contributed by atoms with Crippen LogP contribution in [-0.2, 0) is 5.41 Å². The van der Waals surface area contributed by atoms with Gasteiger partial charge in [-0.2, -0.15) is 0 Å². The summed E-state index contributed by atoms with van der Waals surface area (Å²) in [7, 11) is 0. The number of benzene rings is 12. The van der Waals surface area contributed by atoms with E-state index >= 15 is 0 Å². The molecule has 0 unspecified atom stereocenters. The SMILES string of the molecule is c1ccc(N2c3ccccc3N(c3ccc4ccc5cccc6ccc3c4c56)c3cc4c5c(c32)N(c2ccccc2)c2ccccc2B5c2ccccc2C4(c2ccccc2)c2ccccc2)cc1. The second-order valence-corrected chi connectivity index (χ2v) is 18.7. The zero-order valence-corrected chi connectivity index (χ0v) is 37.7. The maximum atomic E-state index is 2.61. The normalized spacial score (nSPS) is 14.1. The predicted octanol–water partition coefficient (Wildman–Crippen LogP) is 14.8. The zero-order chi connectivity index (χ0) is 45.2. The lowest BCUT2D eigenvalue weighted by Crippen LogP contribution is -2.65. The molecule has 0 saturated carbocycles. The molecule has 12 aromatic rings. The lowest BCUT2D eigenvalue weighted by molar-refractivity contribution is 0.750. The molecule has 0 atom stereocenters. The third-order valence-electron chi connectivity index (χ3n) is 15.4. The Kier molecular flexibility index (Phi) is 8.08. The van der Waals surface area contributed by atoms with Crippen molar-refractivity contribution in [2.75, 3.05) is 14.7 Å². The average molecular weight is 876 g/mol. The van der Waals surface area contributed by atoms with Crippen molar-refractivity contribution >= 4 is 107 Å². The minimum absolute atomic E-state index is 0.0639. The molecule has 0 N–H and O–H groups in total. The summed E-state index contributed by atoms with van der Waals surface area (Å²) in [6.07, 6.45) is 0. The second-order valence-electron chi connectivity index (χ2n) is 18.7. The summed E-state index contributed by atoms with van der Waals surface area (Å²) in [4.78, 5) is 7.75. The molecule has 3 aliphatic rings. The van der Waals surface area contributed by atoms with Crippen LogP contribution in [-0.4, -0.2) is 6.71 Å². The van der Waals surface area contributed by atoms with E-state index in [0.717, 1.165) is 39.8 Å². The van der Waals surface area contributed by atoms with E-state index in [9.17, 15) is 0 Å². The van der Waals surface area contributed by atoms with Crippen LogP contribution in [0.5, 0.6) is 0 Å². The van der Waals surface area contributed by atoms with Gasteiger partial charge < -0.3 is 14.7 Å². The third-order valence-corrected chi connectivity index (χ3v) is 15.4. The fourth-order valence-electron chi connectivity index (χ4n) is 12.8. The molecule has 0 spiro atoms. The van der Waals surface area contributed by atoms with Gasteiger partial charge in [0.15, 0.2) is 0 Å². The molecule has 0 amide bonds. The number of anilines is 9. The molecule has 3 aliphatic heterocycles. The van der Waals surface area contributed by atoms with Gasteiger partial charge in [0.25, 0.3) is 0 Å². The van der Waals surface area contributed by atoms with Crippen LogP contribution in [0, 0.1) is 0 Å². The van der Waals surface area contributed by atoms with Gasteiger partial charge in [-0.25, -0.2) is 0 Å². The van der Waals surface area contributed by atoms with E-state index in [1.54, 1.807) is 0 Å². The van der Waals surface area contributed by atoms with Crippen LogP contribution in [0.3, 0.4) is 0 Å². The summed E-state index contributed by atoms with van der Waals surface area (Å²) in [5.74, 6) is 0. The van der Waals surface area contributed by atoms with Gasteiger partial charge >= 0.3 is 0 Å². The van der Waals surface area contributed by atoms with Gasteiger partial charge in [-0.15, -0.1) is 0 Å². The molecule has 0 bridgehead atoms. The molecule has 3 heterocycles. The van der Waals surface area contributed by atoms with Gasteiger partial charge in [0.2, 0.25) is 6.71 Å². The summed E-state index contributed by atoms with van der Waals surface area (Å²) in [6.45, 7) is -0.0639. The van der Waals surface area contributed by atoms with Crippen LogP contribution in [0.4, 0.5) is 51.2 Å². The van der Waals surface area contributed by atoms with E-state index in [4.69, 9.17) is 0 Å². The first-order valence-corrected chi connectivity index (χ1v) is 24.1. The van der Waals surface area contributed by atoms with E-state index in [2.05, 4.69) is 269 Å². The van der Waals surface area contributed by atoms with Gasteiger partial charge in [-0.3, -0.25) is 0 Å². The van der Waals surface area contributed by atoms with Crippen molar-refractivity contribution in [1.29, 1.82) is 0 Å². The molecular formula is C65H42BN3. The van der Waals surface area contributed by atoms with Crippen LogP contribution < -0.4 is 31.1 Å². The van der Waals surface area contributed by atoms with Crippen LogP contribution in [0.1, 0.15) is 22.3 Å². The van der Waals surface area contributed by atoms with Crippen LogP contribution in [0.15, 0.2) is 255 Å². The highest BCUT2D eigenvalue weighted by Gasteiger charge is 2.54. The largest absolute Gasteiger partial charge is 0.309 e. The van der Waals surface area contributed by atoms with Crippen molar-refractivity contribution in [1.82, 2.24) is 0 Å². The molecule has 3 nitrogen and oxygen atoms in total. The summed E-state index contributed by atoms with van der Waals surface area (Å²) >= 11 is 0. The smallest absolute Gasteiger partial charge is 0.247 e. The monoisotopic (exact) mass is 875 g/mol. The highest BCUT2D eigenvalue weighted by Crippen LogP contribution is 2.62. The molecule has 0 aromatic heterocycles. The number of hydrogen-bond donors (Lipinski definition) is 0. The zero-order valence-electron chi connectivity index (χ0n) is 37.7. The summed E-state index contributed by atoms with van der Waals surface area (Å²) in [5, 5.41) is 7.59. The van der Waals surface area contributed by atoms with E-state index in [1.165, 1.54) is 82.3 Å². The number of nitrogens with zero attached hydrogens (tertiary/aromatic N) is 3. The Morgan fingerprint density at radius 1 is 0.304 bits per heavy atom. The quantitative estimate of drug-likeness (QED) is 0.126. The van der Waals surface area contributed by atoms with E-state index in [-0.39, 0.29) is 6.71 Å². The minimum Gasteiger partial charge on any atom is -0.309 e. The Hall–Kier alpha value is -8.86. The van der Waals surface area contributed by atoms with Crippen LogP contribution >= 0.6 is 0 Å². The van der Waals surface area contributed by atoms with Gasteiger partial charge in [-0.1, -0.05) is 206 Å². The molecule has 69 heavy (non-hydrogen) atoms. The minimum atomic E-state index is -0.702. The fraction of sp³-hybridized carbons (Fsp3) is 0.0154. The topological polar surface area (TPSA) is 9.72 Å². The van der Waals surface area contributed by atoms with Crippen molar-refractivity contribution in [3.05, 3.63) is 277 Å². The maximum absolute atomic E-state index is 2.61. The second kappa shape index (κ2) is 14.6. The Morgan fingerprint density at radius 3 is 1.45 bits per heavy atom. The summed E-state index contributed by atoms with van der Waals surface area (Å²) < 4.78 is 0. The first-order valence-electron chi connectivity index (χ1n) is 24.1. The lowest BCUT2D eigenvalue weighted by Gasteiger charge is -2.52. The highest BCUT2D eigenvalue weighted by molar-refractivity contribution is 6.99. The number of rotatable bonds is 5. The van der Waals surface area contributed by atoms with Gasteiger partial charge in [0.1, 0.15) is 0 Å². The molecule has 0 fully saturated rings. The summed E-state index contributed by atoms with van der Waals surface area (Å²) in [5.41, 5.74) is 18.5. The number of hydrogen-bond acceptors (Lipinski definition) is 3. The Morgan fingerprint density at radius 2 is 0.797 bits per heavy atom. The summed E-state index contributed by atoms with van der Waals surface area (Å²) in [6, 6.07) is 95.4. The van der Waals surface area contributed by atoms with Crippen LogP contribution in [0.25, 0.3) is 32.3 Å². The van der Waals surface area contributed by atoms with Gasteiger partial charge in [0.05, 0.1) is 39.5 Å². The fourth-order valence-corrected chi connectivity index (χ4v) is 12.8. The highest BCUT2D eigenvalue weighted by atomic mass is 15.3. The van der Waals surface area contributed by atoms with Crippen LogP contribution in [0.2, 0.25) is 0 Å².